The molecule has 4 amide bonds. The highest BCUT2D eigenvalue weighted by molar-refractivity contribution is 5.94. The summed E-state index contributed by atoms with van der Waals surface area (Å²) in [6, 6.07) is -5.58. The van der Waals surface area contributed by atoms with Gasteiger partial charge in [-0.3, -0.25) is 19.2 Å². The van der Waals surface area contributed by atoms with Crippen LogP contribution in [0.3, 0.4) is 0 Å². The lowest BCUT2D eigenvalue weighted by Gasteiger charge is -2.21. The highest BCUT2D eigenvalue weighted by atomic mass is 16.4. The van der Waals surface area contributed by atoms with Gasteiger partial charge in [0, 0.05) is 0 Å². The number of carbonyl (C=O) groups excluding carboxylic acids is 4. The number of carbonyl (C=O) groups is 5. The molecule has 0 rings (SSSR count). The molecule has 0 radical (unpaired) electrons. The first kappa shape index (κ1) is 23.2. The van der Waals surface area contributed by atoms with E-state index in [4.69, 9.17) is 26.8 Å². The Balaban J connectivity index is 4.79. The molecule has 4 unspecified atom stereocenters. The number of amides is 4. The number of carboxylic acid groups (broad SMARTS) is 1. The van der Waals surface area contributed by atoms with Crippen LogP contribution < -0.4 is 27.4 Å². The average molecular weight is 377 g/mol. The second-order valence-corrected chi connectivity index (χ2v) is 5.33. The van der Waals surface area contributed by atoms with E-state index in [0.717, 1.165) is 0 Å². The van der Waals surface area contributed by atoms with E-state index in [0.29, 0.717) is 0 Å². The molecule has 0 saturated heterocycles. The molecule has 0 aliphatic heterocycles. The van der Waals surface area contributed by atoms with E-state index in [-0.39, 0.29) is 0 Å². The van der Waals surface area contributed by atoms with E-state index in [1.165, 1.54) is 6.92 Å². The van der Waals surface area contributed by atoms with Crippen molar-refractivity contribution in [1.82, 2.24) is 16.0 Å². The summed E-state index contributed by atoms with van der Waals surface area (Å²) < 4.78 is 0. The predicted octanol–water partition coefficient (Wildman–Crippen LogP) is -5.27. The van der Waals surface area contributed by atoms with Crippen molar-refractivity contribution in [2.24, 2.45) is 11.5 Å². The van der Waals surface area contributed by atoms with Crippen molar-refractivity contribution in [2.75, 3.05) is 13.2 Å². The molecule has 148 valence electrons. The van der Waals surface area contributed by atoms with Crippen LogP contribution in [-0.4, -0.2) is 82.3 Å². The molecule has 0 saturated carbocycles. The van der Waals surface area contributed by atoms with E-state index in [1.54, 1.807) is 0 Å². The fourth-order valence-corrected chi connectivity index (χ4v) is 1.63. The van der Waals surface area contributed by atoms with Gasteiger partial charge < -0.3 is 42.7 Å². The second kappa shape index (κ2) is 11.0. The number of nitrogens with one attached hydrogen (secondary N) is 3. The van der Waals surface area contributed by atoms with Gasteiger partial charge >= 0.3 is 5.97 Å². The molecule has 0 bridgehead atoms. The maximum atomic E-state index is 12.0. The molecule has 10 N–H and O–H groups in total. The van der Waals surface area contributed by atoms with Crippen molar-refractivity contribution in [3.05, 3.63) is 0 Å². The largest absolute Gasteiger partial charge is 0.480 e. The molecule has 0 aromatic heterocycles. The first-order chi connectivity index (χ1) is 12.0. The number of aliphatic carboxylic acids is 1. The number of hydrogen-bond acceptors (Lipinski definition) is 8. The summed E-state index contributed by atoms with van der Waals surface area (Å²) in [5.74, 6) is -5.21. The summed E-state index contributed by atoms with van der Waals surface area (Å²) in [5.41, 5.74) is 10.1. The van der Waals surface area contributed by atoms with Crippen LogP contribution in [0.15, 0.2) is 0 Å². The number of aliphatic hydroxyl groups is 2. The number of primary amides is 1. The van der Waals surface area contributed by atoms with Crippen molar-refractivity contribution in [3.8, 4) is 0 Å². The predicted molar refractivity (Wildman–Crippen MR) is 85.1 cm³/mol. The van der Waals surface area contributed by atoms with Crippen LogP contribution in [0, 0.1) is 0 Å². The van der Waals surface area contributed by atoms with E-state index in [2.05, 4.69) is 10.6 Å². The zero-order valence-electron chi connectivity index (χ0n) is 14.0. The van der Waals surface area contributed by atoms with Gasteiger partial charge in [-0.15, -0.1) is 0 Å². The molecule has 0 aromatic carbocycles. The van der Waals surface area contributed by atoms with Gasteiger partial charge in [0.25, 0.3) is 0 Å². The molecule has 0 aromatic rings. The summed E-state index contributed by atoms with van der Waals surface area (Å²) >= 11 is 0. The fourth-order valence-electron chi connectivity index (χ4n) is 1.63. The summed E-state index contributed by atoms with van der Waals surface area (Å²) in [4.78, 5) is 57.2. The molecule has 13 heteroatoms. The Hall–Kier alpha value is -2.77. The zero-order chi connectivity index (χ0) is 20.4. The first-order valence-electron chi connectivity index (χ1n) is 7.43. The molecule has 26 heavy (non-hydrogen) atoms. The van der Waals surface area contributed by atoms with Crippen LogP contribution in [0.2, 0.25) is 0 Å². The number of carboxylic acids is 1. The van der Waals surface area contributed by atoms with Crippen LogP contribution >= 0.6 is 0 Å². The van der Waals surface area contributed by atoms with Crippen molar-refractivity contribution in [3.63, 3.8) is 0 Å². The van der Waals surface area contributed by atoms with Crippen molar-refractivity contribution >= 4 is 29.6 Å². The lowest BCUT2D eigenvalue weighted by molar-refractivity contribution is -0.143. The minimum absolute atomic E-state index is 0.643. The monoisotopic (exact) mass is 377 g/mol. The standard InChI is InChI=1S/C13H23N5O8/c1-5(10(22)17-7(13(25)26)2-9(15)21)16-12(24)8(4-20)18-11(23)6(14)3-19/h5-8,19-20H,2-4,14H2,1H3,(H2,15,21)(H,16,24)(H,17,22)(H,18,23)(H,25,26). The Labute approximate surface area is 148 Å². The summed E-state index contributed by atoms with van der Waals surface area (Å²) in [6.07, 6.45) is -0.643. The first-order valence-corrected chi connectivity index (χ1v) is 7.43. The Morgan fingerprint density at radius 3 is 1.85 bits per heavy atom. The minimum Gasteiger partial charge on any atom is -0.480 e. The molecule has 0 aliphatic rings. The van der Waals surface area contributed by atoms with Gasteiger partial charge in [0.05, 0.1) is 19.6 Å². The fraction of sp³-hybridized carbons (Fsp3) is 0.615. The molecule has 0 aliphatic carbocycles. The van der Waals surface area contributed by atoms with Crippen molar-refractivity contribution in [2.45, 2.75) is 37.5 Å². The summed E-state index contributed by atoms with van der Waals surface area (Å²) in [7, 11) is 0. The van der Waals surface area contributed by atoms with Crippen LogP contribution in [0.4, 0.5) is 0 Å². The topological polar surface area (TPSA) is 234 Å². The van der Waals surface area contributed by atoms with Gasteiger partial charge in [-0.05, 0) is 6.92 Å². The summed E-state index contributed by atoms with van der Waals surface area (Å²) in [6.45, 7) is -0.281. The van der Waals surface area contributed by atoms with Gasteiger partial charge in [-0.2, -0.15) is 0 Å². The normalized spacial score (nSPS) is 15.1. The number of rotatable bonds is 11. The van der Waals surface area contributed by atoms with Crippen LogP contribution in [0.1, 0.15) is 13.3 Å². The Bertz CT molecular complexity index is 555. The van der Waals surface area contributed by atoms with E-state index in [9.17, 15) is 24.0 Å². The van der Waals surface area contributed by atoms with Gasteiger partial charge in [-0.1, -0.05) is 0 Å². The Morgan fingerprint density at radius 2 is 1.42 bits per heavy atom. The van der Waals surface area contributed by atoms with E-state index in [1.807, 2.05) is 5.32 Å². The zero-order valence-corrected chi connectivity index (χ0v) is 14.0. The third kappa shape index (κ3) is 7.87. The van der Waals surface area contributed by atoms with Gasteiger partial charge in [0.15, 0.2) is 0 Å². The van der Waals surface area contributed by atoms with Gasteiger partial charge in [0.2, 0.25) is 23.6 Å². The summed E-state index contributed by atoms with van der Waals surface area (Å²) in [5, 5.41) is 33.1. The molecule has 0 spiro atoms. The third-order valence-electron chi connectivity index (χ3n) is 3.12. The Morgan fingerprint density at radius 1 is 0.885 bits per heavy atom. The van der Waals surface area contributed by atoms with Crippen LogP contribution in [-0.2, 0) is 24.0 Å². The lowest BCUT2D eigenvalue weighted by atomic mass is 10.1. The second-order valence-electron chi connectivity index (χ2n) is 5.33. The lowest BCUT2D eigenvalue weighted by Crippen LogP contribution is -2.57. The highest BCUT2D eigenvalue weighted by Crippen LogP contribution is 1.95. The molecule has 0 fully saturated rings. The Kier molecular flexibility index (Phi) is 9.80. The van der Waals surface area contributed by atoms with Crippen LogP contribution in [0.25, 0.3) is 0 Å². The smallest absolute Gasteiger partial charge is 0.326 e. The van der Waals surface area contributed by atoms with E-state index >= 15 is 0 Å². The van der Waals surface area contributed by atoms with Crippen molar-refractivity contribution < 1.29 is 39.3 Å². The van der Waals surface area contributed by atoms with Crippen LogP contribution in [0.5, 0.6) is 0 Å². The maximum Gasteiger partial charge on any atom is 0.326 e. The maximum absolute atomic E-state index is 12.0. The number of aliphatic hydroxyl groups excluding tert-OH is 2. The minimum atomic E-state index is -1.57. The molecular weight excluding hydrogens is 354 g/mol. The molecular formula is C13H23N5O8. The average Bonchev–Trinajstić information content (AvgIpc) is 2.56. The highest BCUT2D eigenvalue weighted by Gasteiger charge is 2.28. The van der Waals surface area contributed by atoms with E-state index < -0.39 is 73.4 Å². The molecule has 4 atom stereocenters. The quantitative estimate of drug-likeness (QED) is 0.171. The number of nitrogens with two attached hydrogens (primary N) is 2. The molecule has 0 heterocycles. The molecule has 13 nitrogen and oxygen atoms in total. The van der Waals surface area contributed by atoms with Gasteiger partial charge in [-0.25, -0.2) is 4.79 Å². The third-order valence-corrected chi connectivity index (χ3v) is 3.12. The number of hydrogen-bond donors (Lipinski definition) is 8. The SMILES string of the molecule is CC(NC(=O)C(CO)NC(=O)C(N)CO)C(=O)NC(CC(N)=O)C(=O)O. The van der Waals surface area contributed by atoms with Crippen molar-refractivity contribution in [1.29, 1.82) is 0 Å². The van der Waals surface area contributed by atoms with Gasteiger partial charge in [0.1, 0.15) is 24.2 Å².